The molecule has 1 aliphatic rings. The van der Waals surface area contributed by atoms with Crippen molar-refractivity contribution in [3.8, 4) is 0 Å². The summed E-state index contributed by atoms with van der Waals surface area (Å²) in [5.74, 6) is -0.754. The average molecular weight is 368 g/mol. The van der Waals surface area contributed by atoms with Crippen LogP contribution >= 0.6 is 0 Å². The number of benzene rings is 1. The molecule has 2 N–H and O–H groups in total. The first-order valence-electron chi connectivity index (χ1n) is 8.38. The van der Waals surface area contributed by atoms with Crippen LogP contribution in [0.5, 0.6) is 0 Å². The lowest BCUT2D eigenvalue weighted by Crippen LogP contribution is -2.43. The van der Waals surface area contributed by atoms with Gasteiger partial charge in [-0.05, 0) is 30.9 Å². The highest BCUT2D eigenvalue weighted by Gasteiger charge is 2.23. The van der Waals surface area contributed by atoms with Gasteiger partial charge in [0.2, 0.25) is 10.0 Å². The van der Waals surface area contributed by atoms with Gasteiger partial charge in [-0.1, -0.05) is 38.0 Å². The highest BCUT2D eigenvalue weighted by molar-refractivity contribution is 7.89. The predicted octanol–water partition coefficient (Wildman–Crippen LogP) is 1.20. The quantitative estimate of drug-likeness (QED) is 0.704. The molecule has 8 heteroatoms. The summed E-state index contributed by atoms with van der Waals surface area (Å²) in [6.07, 6.45) is 4.25. The van der Waals surface area contributed by atoms with E-state index in [1.54, 1.807) is 18.2 Å². The topological polar surface area (TPSA) is 102 Å². The Labute approximate surface area is 148 Å². The van der Waals surface area contributed by atoms with Crippen molar-refractivity contribution in [2.45, 2.75) is 43.5 Å². The van der Waals surface area contributed by atoms with E-state index in [0.29, 0.717) is 5.92 Å². The van der Waals surface area contributed by atoms with Crippen LogP contribution in [0.4, 0.5) is 0 Å². The minimum atomic E-state index is -3.78. The molecule has 2 atom stereocenters. The summed E-state index contributed by atoms with van der Waals surface area (Å²) in [7, 11) is -3.78. The van der Waals surface area contributed by atoms with E-state index >= 15 is 0 Å². The van der Waals surface area contributed by atoms with Crippen molar-refractivity contribution in [2.75, 3.05) is 13.2 Å². The first-order valence-corrected chi connectivity index (χ1v) is 9.86. The molecule has 1 saturated carbocycles. The zero-order chi connectivity index (χ0) is 18.3. The van der Waals surface area contributed by atoms with E-state index in [1.807, 2.05) is 0 Å². The SMILES string of the molecule is C[C@@H]1CCCC[C@H]1NC(=O)COC(=O)CNS(=O)(=O)c1ccccc1. The molecule has 0 aromatic heterocycles. The molecule has 1 amide bonds. The van der Waals surface area contributed by atoms with Crippen LogP contribution in [0.15, 0.2) is 35.2 Å². The Morgan fingerprint density at radius 2 is 1.84 bits per heavy atom. The Morgan fingerprint density at radius 1 is 1.16 bits per heavy atom. The molecule has 0 radical (unpaired) electrons. The fourth-order valence-corrected chi connectivity index (χ4v) is 3.80. The van der Waals surface area contributed by atoms with E-state index in [1.165, 1.54) is 18.6 Å². The number of hydrogen-bond acceptors (Lipinski definition) is 5. The summed E-state index contributed by atoms with van der Waals surface area (Å²) >= 11 is 0. The van der Waals surface area contributed by atoms with Crippen LogP contribution in [0, 0.1) is 5.92 Å². The van der Waals surface area contributed by atoms with Gasteiger partial charge in [-0.25, -0.2) is 8.42 Å². The van der Waals surface area contributed by atoms with Crippen molar-refractivity contribution in [3.63, 3.8) is 0 Å². The Bertz CT molecular complexity index is 690. The van der Waals surface area contributed by atoms with Gasteiger partial charge >= 0.3 is 5.97 Å². The van der Waals surface area contributed by atoms with Gasteiger partial charge in [0.1, 0.15) is 6.54 Å². The maximum Gasteiger partial charge on any atom is 0.321 e. The summed E-state index contributed by atoms with van der Waals surface area (Å²) in [4.78, 5) is 23.6. The summed E-state index contributed by atoms with van der Waals surface area (Å²) in [5.41, 5.74) is 0. The number of ether oxygens (including phenoxy) is 1. The summed E-state index contributed by atoms with van der Waals surface area (Å²) in [6, 6.07) is 7.82. The molecule has 0 aliphatic heterocycles. The molecule has 1 aromatic carbocycles. The van der Waals surface area contributed by atoms with Crippen molar-refractivity contribution in [1.82, 2.24) is 10.0 Å². The van der Waals surface area contributed by atoms with Gasteiger partial charge in [0.25, 0.3) is 5.91 Å². The smallest absolute Gasteiger partial charge is 0.321 e. The normalized spacial score (nSPS) is 20.7. The number of sulfonamides is 1. The summed E-state index contributed by atoms with van der Waals surface area (Å²) in [6.45, 7) is 1.16. The fourth-order valence-electron chi connectivity index (χ4n) is 2.81. The zero-order valence-corrected chi connectivity index (χ0v) is 15.1. The van der Waals surface area contributed by atoms with E-state index in [0.717, 1.165) is 19.3 Å². The molecule has 7 nitrogen and oxygen atoms in total. The van der Waals surface area contributed by atoms with Crippen molar-refractivity contribution >= 4 is 21.9 Å². The largest absolute Gasteiger partial charge is 0.455 e. The third-order valence-electron chi connectivity index (χ3n) is 4.28. The van der Waals surface area contributed by atoms with Gasteiger partial charge < -0.3 is 10.1 Å². The third-order valence-corrected chi connectivity index (χ3v) is 5.70. The Hall–Kier alpha value is -1.93. The van der Waals surface area contributed by atoms with Crippen LogP contribution in [-0.2, 0) is 24.3 Å². The second-order valence-corrected chi connectivity index (χ2v) is 8.00. The molecule has 138 valence electrons. The number of hydrogen-bond donors (Lipinski definition) is 2. The number of carbonyl (C=O) groups excluding carboxylic acids is 2. The molecule has 25 heavy (non-hydrogen) atoms. The molecule has 0 bridgehead atoms. The van der Waals surface area contributed by atoms with Crippen molar-refractivity contribution in [2.24, 2.45) is 5.92 Å². The minimum absolute atomic E-state index is 0.0619. The zero-order valence-electron chi connectivity index (χ0n) is 14.2. The molecule has 2 rings (SSSR count). The number of rotatable bonds is 7. The fraction of sp³-hybridized carbons (Fsp3) is 0.529. The molecule has 1 aromatic rings. The van der Waals surface area contributed by atoms with Gasteiger partial charge in [0.15, 0.2) is 6.61 Å². The lowest BCUT2D eigenvalue weighted by atomic mass is 9.86. The van der Waals surface area contributed by atoms with E-state index in [-0.39, 0.29) is 16.8 Å². The molecule has 0 unspecified atom stereocenters. The molecule has 1 aliphatic carbocycles. The number of esters is 1. The maximum absolute atomic E-state index is 12.0. The number of amides is 1. The van der Waals surface area contributed by atoms with Crippen molar-refractivity contribution in [3.05, 3.63) is 30.3 Å². The van der Waals surface area contributed by atoms with Gasteiger partial charge in [0, 0.05) is 6.04 Å². The molecule has 0 heterocycles. The molecule has 0 saturated heterocycles. The highest BCUT2D eigenvalue weighted by atomic mass is 32.2. The molecular formula is C17H24N2O5S. The summed E-state index contributed by atoms with van der Waals surface area (Å²) < 4.78 is 30.9. The standard InChI is InChI=1S/C17H24N2O5S/c1-13-7-5-6-10-15(13)19-16(20)12-24-17(21)11-18-25(22,23)14-8-3-2-4-9-14/h2-4,8-9,13,15,18H,5-7,10-12H2,1H3,(H,19,20)/t13-,15-/m1/s1. The number of carbonyl (C=O) groups is 2. The van der Waals surface area contributed by atoms with Gasteiger partial charge in [-0.15, -0.1) is 0 Å². The number of nitrogens with one attached hydrogen (secondary N) is 2. The van der Waals surface area contributed by atoms with Crippen LogP contribution in [0.1, 0.15) is 32.6 Å². The first-order chi connectivity index (χ1) is 11.9. The van der Waals surface area contributed by atoms with Crippen molar-refractivity contribution in [1.29, 1.82) is 0 Å². The van der Waals surface area contributed by atoms with Crippen molar-refractivity contribution < 1.29 is 22.7 Å². The summed E-state index contributed by atoms with van der Waals surface area (Å²) in [5, 5.41) is 2.87. The van der Waals surface area contributed by atoms with Crippen LogP contribution in [0.3, 0.4) is 0 Å². The van der Waals surface area contributed by atoms with Gasteiger partial charge in [-0.2, -0.15) is 4.72 Å². The van der Waals surface area contributed by atoms with Crippen LogP contribution in [0.25, 0.3) is 0 Å². The minimum Gasteiger partial charge on any atom is -0.455 e. The highest BCUT2D eigenvalue weighted by Crippen LogP contribution is 2.23. The van der Waals surface area contributed by atoms with E-state index < -0.39 is 29.1 Å². The molecule has 0 spiro atoms. The Kier molecular flexibility index (Phi) is 6.95. The van der Waals surface area contributed by atoms with Gasteiger partial charge in [0.05, 0.1) is 4.90 Å². The second kappa shape index (κ2) is 8.96. The second-order valence-electron chi connectivity index (χ2n) is 6.23. The molecule has 1 fully saturated rings. The lowest BCUT2D eigenvalue weighted by molar-refractivity contribution is -0.147. The predicted molar refractivity (Wildman–Crippen MR) is 92.2 cm³/mol. The van der Waals surface area contributed by atoms with E-state index in [2.05, 4.69) is 17.0 Å². The average Bonchev–Trinajstić information content (AvgIpc) is 2.61. The lowest BCUT2D eigenvalue weighted by Gasteiger charge is -2.29. The Morgan fingerprint density at radius 3 is 2.52 bits per heavy atom. The van der Waals surface area contributed by atoms with E-state index in [4.69, 9.17) is 4.74 Å². The maximum atomic E-state index is 12.0. The van der Waals surface area contributed by atoms with E-state index in [9.17, 15) is 18.0 Å². The first kappa shape index (κ1) is 19.4. The van der Waals surface area contributed by atoms with Gasteiger partial charge in [-0.3, -0.25) is 9.59 Å². The molecular weight excluding hydrogens is 344 g/mol. The monoisotopic (exact) mass is 368 g/mol. The third kappa shape index (κ3) is 6.13. The van der Waals surface area contributed by atoms with Crippen LogP contribution in [0.2, 0.25) is 0 Å². The Balaban J connectivity index is 1.72. The van der Waals surface area contributed by atoms with Crippen LogP contribution in [-0.4, -0.2) is 39.5 Å². The van der Waals surface area contributed by atoms with Crippen LogP contribution < -0.4 is 10.0 Å².